The maximum atomic E-state index is 14.0. The average molecular weight is 259 g/mol. The summed E-state index contributed by atoms with van der Waals surface area (Å²) < 4.78 is 18.9. The topological polar surface area (TPSA) is 39.2 Å². The van der Waals surface area contributed by atoms with Crippen LogP contribution in [-0.4, -0.2) is 17.9 Å². The van der Waals surface area contributed by atoms with Gasteiger partial charge in [-0.25, -0.2) is 4.39 Å². The van der Waals surface area contributed by atoms with Crippen molar-refractivity contribution < 1.29 is 13.9 Å². The molecule has 3 nitrogen and oxygen atoms in total. The van der Waals surface area contributed by atoms with E-state index < -0.39 is 5.82 Å². The Kier molecular flexibility index (Phi) is 3.90. The van der Waals surface area contributed by atoms with Gasteiger partial charge in [-0.2, -0.15) is 0 Å². The molecule has 0 saturated carbocycles. The molecule has 0 aliphatic carbocycles. The van der Waals surface area contributed by atoms with E-state index in [1.54, 1.807) is 30.6 Å². The SMILES string of the molecule is COc1cccc(CC(=O)c2ccncc2C)c1F. The third kappa shape index (κ3) is 2.78. The Hall–Kier alpha value is -2.23. The molecule has 0 spiro atoms. The molecule has 0 aliphatic rings. The zero-order valence-electron chi connectivity index (χ0n) is 10.8. The van der Waals surface area contributed by atoms with Crippen LogP contribution in [0.1, 0.15) is 21.5 Å². The summed E-state index contributed by atoms with van der Waals surface area (Å²) in [6.07, 6.45) is 3.19. The smallest absolute Gasteiger partial charge is 0.168 e. The highest BCUT2D eigenvalue weighted by molar-refractivity contribution is 5.98. The van der Waals surface area contributed by atoms with Gasteiger partial charge in [-0.15, -0.1) is 0 Å². The van der Waals surface area contributed by atoms with Crippen LogP contribution in [0.4, 0.5) is 4.39 Å². The Labute approximate surface area is 111 Å². The van der Waals surface area contributed by atoms with E-state index >= 15 is 0 Å². The number of aryl methyl sites for hydroxylation is 1. The van der Waals surface area contributed by atoms with Gasteiger partial charge < -0.3 is 4.74 Å². The van der Waals surface area contributed by atoms with E-state index in [0.29, 0.717) is 11.1 Å². The van der Waals surface area contributed by atoms with Crippen LogP contribution in [0.5, 0.6) is 5.75 Å². The number of hydrogen-bond donors (Lipinski definition) is 0. The van der Waals surface area contributed by atoms with E-state index in [-0.39, 0.29) is 18.0 Å². The first-order valence-corrected chi connectivity index (χ1v) is 5.88. The lowest BCUT2D eigenvalue weighted by Gasteiger charge is -2.08. The first-order valence-electron chi connectivity index (χ1n) is 5.88. The van der Waals surface area contributed by atoms with Gasteiger partial charge in [0.05, 0.1) is 7.11 Å². The van der Waals surface area contributed by atoms with Crippen LogP contribution in [0, 0.1) is 12.7 Å². The van der Waals surface area contributed by atoms with Gasteiger partial charge in [-0.05, 0) is 30.2 Å². The zero-order chi connectivity index (χ0) is 13.8. The number of ether oxygens (including phenoxy) is 1. The molecule has 0 fully saturated rings. The molecule has 0 bridgehead atoms. The first kappa shape index (κ1) is 13.2. The zero-order valence-corrected chi connectivity index (χ0v) is 10.8. The molecule has 0 radical (unpaired) electrons. The monoisotopic (exact) mass is 259 g/mol. The fourth-order valence-corrected chi connectivity index (χ4v) is 1.90. The Morgan fingerprint density at radius 2 is 2.16 bits per heavy atom. The highest BCUT2D eigenvalue weighted by atomic mass is 19.1. The predicted octanol–water partition coefficient (Wildman–Crippen LogP) is 2.96. The summed E-state index contributed by atoms with van der Waals surface area (Å²) in [5.41, 5.74) is 1.69. The first-order chi connectivity index (χ1) is 9.13. The number of nitrogens with zero attached hydrogens (tertiary/aromatic N) is 1. The number of carbonyl (C=O) groups is 1. The molecule has 1 aromatic heterocycles. The predicted molar refractivity (Wildman–Crippen MR) is 70.0 cm³/mol. The van der Waals surface area contributed by atoms with E-state index in [1.165, 1.54) is 13.2 Å². The molecule has 0 amide bonds. The van der Waals surface area contributed by atoms with Crippen LogP contribution in [0.2, 0.25) is 0 Å². The van der Waals surface area contributed by atoms with Gasteiger partial charge in [-0.3, -0.25) is 9.78 Å². The molecule has 19 heavy (non-hydrogen) atoms. The van der Waals surface area contributed by atoms with Crippen molar-refractivity contribution in [2.45, 2.75) is 13.3 Å². The molecule has 98 valence electrons. The number of Topliss-reactive ketones (excluding diaryl/α,β-unsaturated/α-hetero) is 1. The maximum Gasteiger partial charge on any atom is 0.168 e. The summed E-state index contributed by atoms with van der Waals surface area (Å²) in [5.74, 6) is -0.464. The van der Waals surface area contributed by atoms with E-state index in [0.717, 1.165) is 5.56 Å². The largest absolute Gasteiger partial charge is 0.494 e. The van der Waals surface area contributed by atoms with Crippen LogP contribution < -0.4 is 4.74 Å². The molecule has 1 heterocycles. The lowest BCUT2D eigenvalue weighted by atomic mass is 10.0. The molecule has 0 N–H and O–H groups in total. The molecule has 0 unspecified atom stereocenters. The molecule has 2 rings (SSSR count). The third-order valence-electron chi connectivity index (χ3n) is 2.93. The number of pyridine rings is 1. The van der Waals surface area contributed by atoms with E-state index in [4.69, 9.17) is 4.74 Å². The number of hydrogen-bond acceptors (Lipinski definition) is 3. The fourth-order valence-electron chi connectivity index (χ4n) is 1.90. The lowest BCUT2D eigenvalue weighted by Crippen LogP contribution is -2.07. The Bertz CT molecular complexity index is 611. The second kappa shape index (κ2) is 5.61. The van der Waals surface area contributed by atoms with Crippen molar-refractivity contribution >= 4 is 5.78 Å². The van der Waals surface area contributed by atoms with Gasteiger partial charge in [0.2, 0.25) is 0 Å². The van der Waals surface area contributed by atoms with Crippen molar-refractivity contribution in [2.24, 2.45) is 0 Å². The number of rotatable bonds is 4. The summed E-state index contributed by atoms with van der Waals surface area (Å²) in [7, 11) is 1.40. The van der Waals surface area contributed by atoms with E-state index in [9.17, 15) is 9.18 Å². The molecule has 0 aliphatic heterocycles. The summed E-state index contributed by atoms with van der Waals surface area (Å²) in [5, 5.41) is 0. The fraction of sp³-hybridized carbons (Fsp3) is 0.200. The van der Waals surface area contributed by atoms with Crippen LogP contribution in [-0.2, 0) is 6.42 Å². The van der Waals surface area contributed by atoms with Gasteiger partial charge in [0.25, 0.3) is 0 Å². The van der Waals surface area contributed by atoms with Crippen LogP contribution >= 0.6 is 0 Å². The third-order valence-corrected chi connectivity index (χ3v) is 2.93. The number of carbonyl (C=O) groups excluding carboxylic acids is 1. The molecule has 2 aromatic rings. The standard InChI is InChI=1S/C15H14FNO2/c1-10-9-17-7-6-12(10)13(18)8-11-4-3-5-14(19-2)15(11)16/h3-7,9H,8H2,1-2H3. The molecule has 4 heteroatoms. The normalized spacial score (nSPS) is 10.3. The second-order valence-corrected chi connectivity index (χ2v) is 4.22. The number of aromatic nitrogens is 1. The molecular weight excluding hydrogens is 245 g/mol. The summed E-state index contributed by atoms with van der Waals surface area (Å²) in [6.45, 7) is 1.81. The number of methoxy groups -OCH3 is 1. The van der Waals surface area contributed by atoms with Crippen molar-refractivity contribution in [1.29, 1.82) is 0 Å². The van der Waals surface area contributed by atoms with Gasteiger partial charge in [-0.1, -0.05) is 12.1 Å². The van der Waals surface area contributed by atoms with Gasteiger partial charge in [0, 0.05) is 24.4 Å². The van der Waals surface area contributed by atoms with Gasteiger partial charge in [0.15, 0.2) is 17.3 Å². The van der Waals surface area contributed by atoms with Crippen LogP contribution in [0.15, 0.2) is 36.7 Å². The number of halogens is 1. The van der Waals surface area contributed by atoms with Crippen molar-refractivity contribution in [3.8, 4) is 5.75 Å². The Morgan fingerprint density at radius 3 is 2.84 bits per heavy atom. The number of benzene rings is 1. The highest BCUT2D eigenvalue weighted by Crippen LogP contribution is 2.21. The minimum absolute atomic E-state index is 0.00782. The van der Waals surface area contributed by atoms with Crippen molar-refractivity contribution in [3.63, 3.8) is 0 Å². The van der Waals surface area contributed by atoms with E-state index in [1.807, 2.05) is 6.92 Å². The van der Waals surface area contributed by atoms with Gasteiger partial charge in [0.1, 0.15) is 0 Å². The van der Waals surface area contributed by atoms with Crippen LogP contribution in [0.3, 0.4) is 0 Å². The summed E-state index contributed by atoms with van der Waals surface area (Å²) >= 11 is 0. The van der Waals surface area contributed by atoms with E-state index in [2.05, 4.69) is 4.98 Å². The Morgan fingerprint density at radius 1 is 1.37 bits per heavy atom. The quantitative estimate of drug-likeness (QED) is 0.792. The highest BCUT2D eigenvalue weighted by Gasteiger charge is 2.14. The maximum absolute atomic E-state index is 14.0. The minimum atomic E-state index is -0.481. The van der Waals surface area contributed by atoms with Crippen LogP contribution in [0.25, 0.3) is 0 Å². The number of ketones is 1. The lowest BCUT2D eigenvalue weighted by molar-refractivity contribution is 0.0991. The van der Waals surface area contributed by atoms with Gasteiger partial charge >= 0.3 is 0 Å². The van der Waals surface area contributed by atoms with Crippen molar-refractivity contribution in [3.05, 3.63) is 59.2 Å². The average Bonchev–Trinajstić information content (AvgIpc) is 2.41. The Balaban J connectivity index is 2.27. The molecular formula is C15H14FNO2. The summed E-state index contributed by atoms with van der Waals surface area (Å²) in [4.78, 5) is 16.1. The summed E-state index contributed by atoms with van der Waals surface area (Å²) in [6, 6.07) is 6.44. The molecule has 1 aromatic carbocycles. The molecule has 0 saturated heterocycles. The molecule has 0 atom stereocenters. The minimum Gasteiger partial charge on any atom is -0.494 e. The van der Waals surface area contributed by atoms with Crippen molar-refractivity contribution in [1.82, 2.24) is 4.98 Å². The van der Waals surface area contributed by atoms with Crippen molar-refractivity contribution in [2.75, 3.05) is 7.11 Å². The second-order valence-electron chi connectivity index (χ2n) is 4.22.